The van der Waals surface area contributed by atoms with Gasteiger partial charge in [-0.1, -0.05) is 46.0 Å². The van der Waals surface area contributed by atoms with E-state index in [9.17, 15) is 14.7 Å². The number of Topliss-reactive ketones (excluding diaryl/α,β-unsaturated/α-hetero) is 1. The van der Waals surface area contributed by atoms with Crippen molar-refractivity contribution in [3.8, 4) is 0 Å². The van der Waals surface area contributed by atoms with Gasteiger partial charge in [0.1, 0.15) is 5.71 Å². The van der Waals surface area contributed by atoms with Crippen molar-refractivity contribution in [1.82, 2.24) is 0 Å². The van der Waals surface area contributed by atoms with Crippen LogP contribution < -0.4 is 0 Å². The highest BCUT2D eigenvalue weighted by molar-refractivity contribution is 6.45. The average Bonchev–Trinajstić information content (AvgIpc) is 2.96. The fourth-order valence-corrected chi connectivity index (χ4v) is 3.22. The molecule has 25 heavy (non-hydrogen) atoms. The summed E-state index contributed by atoms with van der Waals surface area (Å²) in [5.74, 6) is -0.811. The summed E-state index contributed by atoms with van der Waals surface area (Å²) < 4.78 is 0. The third kappa shape index (κ3) is 7.95. The predicted octanol–water partition coefficient (Wildman–Crippen LogP) is 4.29. The second-order valence-corrected chi connectivity index (χ2v) is 7.01. The van der Waals surface area contributed by atoms with E-state index in [0.717, 1.165) is 32.1 Å². The molecule has 1 aliphatic heterocycles. The van der Waals surface area contributed by atoms with Crippen molar-refractivity contribution in [3.05, 3.63) is 12.2 Å². The Morgan fingerprint density at radius 2 is 1.84 bits per heavy atom. The minimum atomic E-state index is -1.34. The second kappa shape index (κ2) is 11.2. The van der Waals surface area contributed by atoms with Crippen molar-refractivity contribution >= 4 is 17.5 Å². The van der Waals surface area contributed by atoms with Crippen LogP contribution in [-0.2, 0) is 9.59 Å². The van der Waals surface area contributed by atoms with Crippen molar-refractivity contribution in [2.45, 2.75) is 90.2 Å². The molecule has 1 heterocycles. The van der Waals surface area contributed by atoms with Crippen LogP contribution in [0, 0.1) is 5.92 Å². The molecule has 2 unspecified atom stereocenters. The topological polar surface area (TPSA) is 87.0 Å². The normalized spacial score (nSPS) is 20.5. The Morgan fingerprint density at radius 3 is 2.48 bits per heavy atom. The summed E-state index contributed by atoms with van der Waals surface area (Å²) in [6.45, 7) is 4.25. The number of carboxylic acid groups (broad SMARTS) is 1. The number of unbranched alkanes of at least 4 members (excludes halogenated alkanes) is 4. The van der Waals surface area contributed by atoms with Crippen LogP contribution >= 0.6 is 0 Å². The smallest absolute Gasteiger partial charge is 0.303 e. The van der Waals surface area contributed by atoms with E-state index in [1.54, 1.807) is 12.2 Å². The first-order chi connectivity index (χ1) is 11.9. The highest BCUT2D eigenvalue weighted by atomic mass is 16.4. The first-order valence-electron chi connectivity index (χ1n) is 9.69. The number of allylic oxidation sites excluding steroid dienone is 1. The van der Waals surface area contributed by atoms with Gasteiger partial charge in [0.25, 0.3) is 0 Å². The van der Waals surface area contributed by atoms with Crippen LogP contribution in [0.4, 0.5) is 0 Å². The Hall–Kier alpha value is -1.49. The van der Waals surface area contributed by atoms with Crippen LogP contribution in [0.15, 0.2) is 17.1 Å². The maximum atomic E-state index is 12.7. The number of hydrogen-bond donors (Lipinski definition) is 2. The van der Waals surface area contributed by atoms with Gasteiger partial charge < -0.3 is 10.2 Å². The molecule has 142 valence electrons. The van der Waals surface area contributed by atoms with Gasteiger partial charge in [-0.3, -0.25) is 9.59 Å². The zero-order valence-electron chi connectivity index (χ0n) is 15.7. The molecule has 2 N–H and O–H groups in total. The van der Waals surface area contributed by atoms with E-state index < -0.39 is 11.7 Å². The molecule has 0 amide bonds. The largest absolute Gasteiger partial charge is 0.481 e. The maximum absolute atomic E-state index is 12.7. The SMILES string of the molecule is CCCCCCC(CCC)C(=O)C1=NC(O)(CCCCC(=O)O)C=C1. The summed E-state index contributed by atoms with van der Waals surface area (Å²) in [5.41, 5.74) is -0.975. The van der Waals surface area contributed by atoms with Crippen molar-refractivity contribution in [2.24, 2.45) is 10.9 Å². The number of nitrogens with zero attached hydrogens (tertiary/aromatic N) is 1. The molecule has 0 fully saturated rings. The first-order valence-corrected chi connectivity index (χ1v) is 9.69. The van der Waals surface area contributed by atoms with Crippen molar-refractivity contribution in [3.63, 3.8) is 0 Å². The molecule has 2 atom stereocenters. The van der Waals surface area contributed by atoms with Crippen molar-refractivity contribution in [2.75, 3.05) is 0 Å². The zero-order valence-corrected chi connectivity index (χ0v) is 15.7. The van der Waals surface area contributed by atoms with Gasteiger partial charge >= 0.3 is 5.97 Å². The Bertz CT molecular complexity index is 498. The fourth-order valence-electron chi connectivity index (χ4n) is 3.22. The van der Waals surface area contributed by atoms with E-state index in [-0.39, 0.29) is 18.1 Å². The molecule has 1 rings (SSSR count). The molecular weight excluding hydrogens is 318 g/mol. The molecule has 0 aromatic carbocycles. The molecule has 0 aliphatic carbocycles. The van der Waals surface area contributed by atoms with Crippen LogP contribution in [0.2, 0.25) is 0 Å². The van der Waals surface area contributed by atoms with Gasteiger partial charge in [0.15, 0.2) is 11.5 Å². The molecule has 5 heteroatoms. The Kier molecular flexibility index (Phi) is 9.65. The summed E-state index contributed by atoms with van der Waals surface area (Å²) >= 11 is 0. The van der Waals surface area contributed by atoms with E-state index in [1.165, 1.54) is 12.8 Å². The third-order valence-electron chi connectivity index (χ3n) is 4.67. The number of aliphatic imine (C=N–C) groups is 1. The molecule has 0 bridgehead atoms. The van der Waals surface area contributed by atoms with Gasteiger partial charge in [0.2, 0.25) is 0 Å². The van der Waals surface area contributed by atoms with Gasteiger partial charge in [0.05, 0.1) is 0 Å². The maximum Gasteiger partial charge on any atom is 0.303 e. The number of carboxylic acids is 1. The van der Waals surface area contributed by atoms with Crippen molar-refractivity contribution < 1.29 is 19.8 Å². The summed E-state index contributed by atoms with van der Waals surface area (Å²) in [6, 6.07) is 0. The molecule has 0 aromatic rings. The number of aliphatic carboxylic acids is 1. The summed E-state index contributed by atoms with van der Waals surface area (Å²) in [7, 11) is 0. The lowest BCUT2D eigenvalue weighted by Crippen LogP contribution is -2.25. The van der Waals surface area contributed by atoms with Crippen molar-refractivity contribution in [1.29, 1.82) is 0 Å². The Balaban J connectivity index is 2.57. The predicted molar refractivity (Wildman–Crippen MR) is 99.8 cm³/mol. The number of ketones is 1. The van der Waals surface area contributed by atoms with E-state index in [2.05, 4.69) is 18.8 Å². The van der Waals surface area contributed by atoms with Gasteiger partial charge in [0, 0.05) is 18.8 Å². The summed E-state index contributed by atoms with van der Waals surface area (Å²) in [5, 5.41) is 19.1. The number of aliphatic hydroxyl groups is 1. The Morgan fingerprint density at radius 1 is 1.08 bits per heavy atom. The molecular formula is C20H33NO4. The summed E-state index contributed by atoms with van der Waals surface area (Å²) in [6.07, 6.45) is 12.0. The fraction of sp³-hybridized carbons (Fsp3) is 0.750. The molecule has 5 nitrogen and oxygen atoms in total. The Labute approximate surface area is 151 Å². The van der Waals surface area contributed by atoms with E-state index in [0.29, 0.717) is 25.0 Å². The number of carbonyl (C=O) groups is 2. The lowest BCUT2D eigenvalue weighted by Gasteiger charge is -2.17. The number of rotatable bonds is 14. The molecule has 0 aromatic heterocycles. The minimum Gasteiger partial charge on any atom is -0.481 e. The van der Waals surface area contributed by atoms with E-state index in [4.69, 9.17) is 5.11 Å². The monoisotopic (exact) mass is 351 g/mol. The van der Waals surface area contributed by atoms with Gasteiger partial charge in [-0.25, -0.2) is 4.99 Å². The standard InChI is InChI=1S/C20H33NO4/c1-3-5-6-7-11-16(10-4-2)19(24)17-13-15-20(25,21-17)14-9-8-12-18(22)23/h13,15-16,25H,3-12,14H2,1-2H3,(H,22,23). The molecule has 0 spiro atoms. The quantitative estimate of drug-likeness (QED) is 0.457. The van der Waals surface area contributed by atoms with Gasteiger partial charge in [-0.15, -0.1) is 0 Å². The third-order valence-corrected chi connectivity index (χ3v) is 4.67. The van der Waals surface area contributed by atoms with Gasteiger partial charge in [-0.2, -0.15) is 0 Å². The highest BCUT2D eigenvalue weighted by Gasteiger charge is 2.31. The van der Waals surface area contributed by atoms with Crippen LogP contribution in [-0.4, -0.2) is 33.4 Å². The van der Waals surface area contributed by atoms with Crippen LogP contribution in [0.5, 0.6) is 0 Å². The minimum absolute atomic E-state index is 0.0142. The highest BCUT2D eigenvalue weighted by Crippen LogP contribution is 2.26. The molecule has 0 saturated heterocycles. The summed E-state index contributed by atoms with van der Waals surface area (Å²) in [4.78, 5) is 27.5. The molecule has 0 saturated carbocycles. The molecule has 1 aliphatic rings. The van der Waals surface area contributed by atoms with E-state index >= 15 is 0 Å². The zero-order chi connectivity index (χ0) is 18.7. The van der Waals surface area contributed by atoms with Crippen LogP contribution in [0.1, 0.15) is 84.5 Å². The van der Waals surface area contributed by atoms with E-state index in [1.807, 2.05) is 0 Å². The van der Waals surface area contributed by atoms with Crippen LogP contribution in [0.25, 0.3) is 0 Å². The average molecular weight is 351 g/mol. The lowest BCUT2D eigenvalue weighted by molar-refractivity contribution is -0.137. The second-order valence-electron chi connectivity index (χ2n) is 7.01. The van der Waals surface area contributed by atoms with Crippen LogP contribution in [0.3, 0.4) is 0 Å². The number of carbonyl (C=O) groups excluding carboxylic acids is 1. The molecule has 0 radical (unpaired) electrons. The number of hydrogen-bond acceptors (Lipinski definition) is 4. The lowest BCUT2D eigenvalue weighted by atomic mass is 9.90. The van der Waals surface area contributed by atoms with Gasteiger partial charge in [-0.05, 0) is 37.8 Å². The first kappa shape index (κ1) is 21.6.